The van der Waals surface area contributed by atoms with Gasteiger partial charge in [0, 0.05) is 17.7 Å². The molecule has 23 heavy (non-hydrogen) atoms. The quantitative estimate of drug-likeness (QED) is 0.772. The second-order valence-corrected chi connectivity index (χ2v) is 4.86. The number of rotatable bonds is 3. The molecule has 118 valence electrons. The van der Waals surface area contributed by atoms with Crippen molar-refractivity contribution < 1.29 is 24.1 Å². The second-order valence-electron chi connectivity index (χ2n) is 4.86. The van der Waals surface area contributed by atoms with E-state index in [2.05, 4.69) is 0 Å². The molecule has 3 aromatic rings. The fourth-order valence-corrected chi connectivity index (χ4v) is 2.41. The fraction of sp³-hybridized carbons (Fsp3) is 0.118. The van der Waals surface area contributed by atoms with Crippen LogP contribution in [0.2, 0.25) is 0 Å². The van der Waals surface area contributed by atoms with E-state index >= 15 is 0 Å². The summed E-state index contributed by atoms with van der Waals surface area (Å²) >= 11 is 0. The molecule has 0 aliphatic carbocycles. The third-order valence-electron chi connectivity index (χ3n) is 3.47. The van der Waals surface area contributed by atoms with Crippen molar-refractivity contribution in [2.24, 2.45) is 0 Å². The Balaban J connectivity index is 2.32. The van der Waals surface area contributed by atoms with Crippen LogP contribution in [0.4, 0.5) is 0 Å². The molecule has 1 aromatic heterocycles. The monoisotopic (exact) mass is 314 g/mol. The Hall–Kier alpha value is -3.15. The molecule has 6 nitrogen and oxygen atoms in total. The van der Waals surface area contributed by atoms with Crippen LogP contribution in [0.25, 0.3) is 22.3 Å². The highest BCUT2D eigenvalue weighted by Gasteiger charge is 2.19. The highest BCUT2D eigenvalue weighted by molar-refractivity contribution is 5.89. The first-order valence-corrected chi connectivity index (χ1v) is 6.76. The Bertz CT molecular complexity index is 942. The number of hydrogen-bond acceptors (Lipinski definition) is 6. The van der Waals surface area contributed by atoms with Gasteiger partial charge in [-0.05, 0) is 12.1 Å². The third kappa shape index (κ3) is 2.44. The number of fused-ring (bicyclic) bond motifs is 1. The first-order valence-electron chi connectivity index (χ1n) is 6.76. The maximum Gasteiger partial charge on any atom is 0.204 e. The number of benzene rings is 2. The molecule has 0 bridgehead atoms. The van der Waals surface area contributed by atoms with Crippen molar-refractivity contribution >= 4 is 11.0 Å². The van der Waals surface area contributed by atoms with E-state index in [-0.39, 0.29) is 39.7 Å². The van der Waals surface area contributed by atoms with Crippen molar-refractivity contribution in [3.8, 4) is 34.3 Å². The molecule has 0 unspecified atom stereocenters. The van der Waals surface area contributed by atoms with Gasteiger partial charge in [0.25, 0.3) is 0 Å². The topological polar surface area (TPSA) is 89.1 Å². The van der Waals surface area contributed by atoms with Crippen LogP contribution in [0.15, 0.2) is 45.6 Å². The lowest BCUT2D eigenvalue weighted by Crippen LogP contribution is -2.02. The van der Waals surface area contributed by atoms with Gasteiger partial charge in [-0.25, -0.2) is 0 Å². The van der Waals surface area contributed by atoms with E-state index in [9.17, 15) is 15.0 Å². The summed E-state index contributed by atoms with van der Waals surface area (Å²) in [4.78, 5) is 12.4. The molecule has 2 N–H and O–H groups in total. The summed E-state index contributed by atoms with van der Waals surface area (Å²) in [5.41, 5.74) is 0.271. The van der Waals surface area contributed by atoms with Crippen LogP contribution in [-0.4, -0.2) is 24.4 Å². The van der Waals surface area contributed by atoms with Crippen LogP contribution in [-0.2, 0) is 0 Å². The highest BCUT2D eigenvalue weighted by atomic mass is 16.5. The van der Waals surface area contributed by atoms with Gasteiger partial charge in [-0.3, -0.25) is 4.79 Å². The van der Waals surface area contributed by atoms with Gasteiger partial charge >= 0.3 is 0 Å². The standard InChI is InChI=1S/C17H14O6/c1-21-14-8-13-15(16(20)17(14)22-2)11(19)7-12(23-13)9-4-3-5-10(18)6-9/h3-8,18,20H,1-2H3. The van der Waals surface area contributed by atoms with Crippen molar-refractivity contribution in [2.45, 2.75) is 0 Å². The number of aromatic hydroxyl groups is 2. The largest absolute Gasteiger partial charge is 0.508 e. The van der Waals surface area contributed by atoms with Crippen molar-refractivity contribution in [1.82, 2.24) is 0 Å². The Kier molecular flexibility index (Phi) is 3.57. The molecule has 0 atom stereocenters. The van der Waals surface area contributed by atoms with Gasteiger partial charge in [0.15, 0.2) is 16.9 Å². The van der Waals surface area contributed by atoms with E-state index in [0.717, 1.165) is 0 Å². The smallest absolute Gasteiger partial charge is 0.204 e. The number of ether oxygens (including phenoxy) is 2. The van der Waals surface area contributed by atoms with Crippen LogP contribution in [0, 0.1) is 0 Å². The zero-order valence-electron chi connectivity index (χ0n) is 12.5. The first-order chi connectivity index (χ1) is 11.0. The van der Waals surface area contributed by atoms with Gasteiger partial charge in [-0.1, -0.05) is 12.1 Å². The van der Waals surface area contributed by atoms with E-state index in [0.29, 0.717) is 5.56 Å². The molecule has 1 heterocycles. The van der Waals surface area contributed by atoms with E-state index in [4.69, 9.17) is 13.9 Å². The van der Waals surface area contributed by atoms with Gasteiger partial charge in [-0.2, -0.15) is 0 Å². The zero-order valence-corrected chi connectivity index (χ0v) is 12.5. The molecule has 0 amide bonds. The fourth-order valence-electron chi connectivity index (χ4n) is 2.41. The molecule has 0 aliphatic heterocycles. The lowest BCUT2D eigenvalue weighted by molar-refractivity contribution is 0.334. The molecular formula is C17H14O6. The van der Waals surface area contributed by atoms with Gasteiger partial charge in [0.2, 0.25) is 5.75 Å². The maximum absolute atomic E-state index is 12.4. The van der Waals surface area contributed by atoms with E-state index in [1.807, 2.05) is 0 Å². The third-order valence-corrected chi connectivity index (χ3v) is 3.47. The Morgan fingerprint density at radius 2 is 1.83 bits per heavy atom. The molecule has 0 fully saturated rings. The summed E-state index contributed by atoms with van der Waals surface area (Å²) in [6.07, 6.45) is 0. The van der Waals surface area contributed by atoms with Gasteiger partial charge in [0.1, 0.15) is 22.5 Å². The summed E-state index contributed by atoms with van der Waals surface area (Å²) in [6, 6.07) is 9.06. The second kappa shape index (κ2) is 5.57. The van der Waals surface area contributed by atoms with E-state index in [1.54, 1.807) is 12.1 Å². The van der Waals surface area contributed by atoms with Crippen LogP contribution < -0.4 is 14.9 Å². The number of hydrogen-bond donors (Lipinski definition) is 2. The molecule has 3 rings (SSSR count). The maximum atomic E-state index is 12.4. The lowest BCUT2D eigenvalue weighted by Gasteiger charge is -2.11. The summed E-state index contributed by atoms with van der Waals surface area (Å²) in [5.74, 6) is 0.301. The molecule has 6 heteroatoms. The highest BCUT2D eigenvalue weighted by Crippen LogP contribution is 2.42. The van der Waals surface area contributed by atoms with Crippen LogP contribution in [0.3, 0.4) is 0 Å². The summed E-state index contributed by atoms with van der Waals surface area (Å²) in [5, 5.41) is 19.8. The van der Waals surface area contributed by atoms with Crippen molar-refractivity contribution in [3.05, 3.63) is 46.6 Å². The minimum absolute atomic E-state index is 0.00607. The van der Waals surface area contributed by atoms with Gasteiger partial charge < -0.3 is 24.1 Å². The van der Waals surface area contributed by atoms with Gasteiger partial charge in [-0.15, -0.1) is 0 Å². The molecule has 0 aliphatic rings. The Labute approximate surface area is 131 Å². The summed E-state index contributed by atoms with van der Waals surface area (Å²) in [7, 11) is 2.78. The van der Waals surface area contributed by atoms with E-state index in [1.165, 1.54) is 38.5 Å². The molecule has 2 aromatic carbocycles. The van der Waals surface area contributed by atoms with E-state index < -0.39 is 5.43 Å². The minimum atomic E-state index is -0.428. The number of phenolic OH excluding ortho intramolecular Hbond substituents is 2. The predicted molar refractivity (Wildman–Crippen MR) is 84.4 cm³/mol. The molecule has 0 spiro atoms. The molecule has 0 radical (unpaired) electrons. The predicted octanol–water partition coefficient (Wildman–Crippen LogP) is 2.89. The Morgan fingerprint density at radius 1 is 1.04 bits per heavy atom. The normalized spacial score (nSPS) is 10.7. The summed E-state index contributed by atoms with van der Waals surface area (Å²) < 4.78 is 15.9. The van der Waals surface area contributed by atoms with Crippen LogP contribution >= 0.6 is 0 Å². The minimum Gasteiger partial charge on any atom is -0.508 e. The zero-order chi connectivity index (χ0) is 16.6. The van der Waals surface area contributed by atoms with Crippen LogP contribution in [0.1, 0.15) is 0 Å². The lowest BCUT2D eigenvalue weighted by atomic mass is 10.1. The van der Waals surface area contributed by atoms with Crippen molar-refractivity contribution in [2.75, 3.05) is 14.2 Å². The van der Waals surface area contributed by atoms with Crippen LogP contribution in [0.5, 0.6) is 23.0 Å². The molecule has 0 saturated carbocycles. The SMILES string of the molecule is COc1cc2oc(-c3cccc(O)c3)cc(=O)c2c(O)c1OC. The first kappa shape index (κ1) is 14.8. The molecular weight excluding hydrogens is 300 g/mol. The van der Waals surface area contributed by atoms with Gasteiger partial charge in [0.05, 0.1) is 14.2 Å². The Morgan fingerprint density at radius 3 is 2.48 bits per heavy atom. The average Bonchev–Trinajstić information content (AvgIpc) is 2.53. The average molecular weight is 314 g/mol. The number of methoxy groups -OCH3 is 2. The van der Waals surface area contributed by atoms with Crippen molar-refractivity contribution in [3.63, 3.8) is 0 Å². The van der Waals surface area contributed by atoms with Crippen molar-refractivity contribution in [1.29, 1.82) is 0 Å². The summed E-state index contributed by atoms with van der Waals surface area (Å²) in [6.45, 7) is 0. The molecule has 0 saturated heterocycles. The number of phenols is 2.